The lowest BCUT2D eigenvalue weighted by Crippen LogP contribution is -2.48. The van der Waals surface area contributed by atoms with E-state index >= 15 is 0 Å². The van der Waals surface area contributed by atoms with Gasteiger partial charge in [-0.25, -0.2) is 4.99 Å². The maximum Gasteiger partial charge on any atom is 0.246 e. The normalized spacial score (nSPS) is 19.8. The minimum Gasteiger partial charge on any atom is -0.357 e. The number of amides is 1. The first-order chi connectivity index (χ1) is 14.0. The summed E-state index contributed by atoms with van der Waals surface area (Å²) in [6.07, 6.45) is 4.71. The Kier molecular flexibility index (Phi) is 7.27. The van der Waals surface area contributed by atoms with Crippen LogP contribution in [0.5, 0.6) is 0 Å². The summed E-state index contributed by atoms with van der Waals surface area (Å²) in [5, 5.41) is 10.4. The Labute approximate surface area is 173 Å². The second-order valence-corrected chi connectivity index (χ2v) is 7.97. The molecule has 2 atom stereocenters. The molecular weight excluding hydrogens is 364 g/mol. The maximum atomic E-state index is 12.2. The molecule has 2 heterocycles. The van der Waals surface area contributed by atoms with E-state index in [-0.39, 0.29) is 12.5 Å². The number of likely N-dealkylation sites (tertiary alicyclic amines) is 1. The number of nitrogens with one attached hydrogen (secondary N) is 2. The van der Waals surface area contributed by atoms with Gasteiger partial charge in [0.05, 0.1) is 6.54 Å². The molecule has 2 N–H and O–H groups in total. The fourth-order valence-corrected chi connectivity index (χ4v) is 3.92. The van der Waals surface area contributed by atoms with Crippen LogP contribution in [0.25, 0.3) is 0 Å². The zero-order chi connectivity index (χ0) is 20.6. The Morgan fingerprint density at radius 2 is 2.03 bits per heavy atom. The highest BCUT2D eigenvalue weighted by atomic mass is 16.2. The summed E-state index contributed by atoms with van der Waals surface area (Å²) >= 11 is 0. The maximum absolute atomic E-state index is 12.2. The molecule has 0 aliphatic carbocycles. The first kappa shape index (κ1) is 20.9. The average molecular weight is 397 g/mol. The first-order valence-corrected chi connectivity index (χ1v) is 10.4. The smallest absolute Gasteiger partial charge is 0.246 e. The lowest BCUT2D eigenvalue weighted by atomic mass is 9.92. The molecule has 1 aliphatic rings. The van der Waals surface area contributed by atoms with Crippen LogP contribution in [-0.2, 0) is 17.9 Å². The summed E-state index contributed by atoms with van der Waals surface area (Å²) in [6.45, 7) is 10.4. The number of hydrogen-bond acceptors (Lipinski definition) is 3. The van der Waals surface area contributed by atoms with E-state index in [2.05, 4.69) is 41.4 Å². The van der Waals surface area contributed by atoms with Gasteiger partial charge in [-0.15, -0.1) is 0 Å². The number of benzene rings is 1. The number of piperidine rings is 1. The topological polar surface area (TPSA) is 74.5 Å². The number of hydrogen-bond donors (Lipinski definition) is 2. The highest BCUT2D eigenvalue weighted by Gasteiger charge is 2.23. The number of aliphatic imine (C=N–C) groups is 1. The Hall–Kier alpha value is -2.83. The van der Waals surface area contributed by atoms with E-state index < -0.39 is 0 Å². The lowest BCUT2D eigenvalue weighted by Gasteiger charge is -2.37. The van der Waals surface area contributed by atoms with Gasteiger partial charge in [-0.1, -0.05) is 26.0 Å². The molecule has 2 unspecified atom stereocenters. The van der Waals surface area contributed by atoms with Crippen LogP contribution in [0, 0.1) is 11.8 Å². The van der Waals surface area contributed by atoms with Gasteiger partial charge >= 0.3 is 0 Å². The van der Waals surface area contributed by atoms with E-state index in [9.17, 15) is 4.79 Å². The Morgan fingerprint density at radius 3 is 2.72 bits per heavy atom. The summed E-state index contributed by atoms with van der Waals surface area (Å²) in [6, 6.07) is 9.67. The molecule has 2 aromatic rings. The Balaban J connectivity index is 1.63. The molecule has 0 bridgehead atoms. The third-order valence-electron chi connectivity index (χ3n) is 4.99. The average Bonchev–Trinajstić information content (AvgIpc) is 3.17. The molecule has 1 amide bonds. The van der Waals surface area contributed by atoms with Crippen molar-refractivity contribution in [2.75, 3.05) is 25.0 Å². The summed E-state index contributed by atoms with van der Waals surface area (Å²) in [5.41, 5.74) is 1.84. The van der Waals surface area contributed by atoms with Gasteiger partial charge in [0.1, 0.15) is 6.54 Å². The molecule has 29 heavy (non-hydrogen) atoms. The van der Waals surface area contributed by atoms with E-state index in [1.54, 1.807) is 23.1 Å². The molecular formula is C22H32N6O. The standard InChI is InChI=1S/C22H32N6O/c1-4-23-22(27-14-17(2)11-18(3)15-27)24-13-19-7-5-8-20(12-19)26-21(29)16-28-10-6-9-25-28/h5-10,12,17-18H,4,11,13-16H2,1-3H3,(H,23,24)(H,26,29). The minimum absolute atomic E-state index is 0.0982. The zero-order valence-corrected chi connectivity index (χ0v) is 17.6. The highest BCUT2D eigenvalue weighted by Crippen LogP contribution is 2.21. The number of aromatic nitrogens is 2. The van der Waals surface area contributed by atoms with Crippen molar-refractivity contribution in [3.63, 3.8) is 0 Å². The molecule has 0 radical (unpaired) electrons. The van der Waals surface area contributed by atoms with Crippen molar-refractivity contribution in [1.29, 1.82) is 0 Å². The monoisotopic (exact) mass is 396 g/mol. The van der Waals surface area contributed by atoms with Crippen LogP contribution in [0.15, 0.2) is 47.7 Å². The van der Waals surface area contributed by atoms with Crippen LogP contribution in [0.3, 0.4) is 0 Å². The second kappa shape index (κ2) is 10.1. The van der Waals surface area contributed by atoms with Crippen LogP contribution in [0.4, 0.5) is 5.69 Å². The van der Waals surface area contributed by atoms with Crippen molar-refractivity contribution in [2.24, 2.45) is 16.8 Å². The van der Waals surface area contributed by atoms with Crippen LogP contribution in [0.1, 0.15) is 32.8 Å². The van der Waals surface area contributed by atoms with Crippen LogP contribution >= 0.6 is 0 Å². The van der Waals surface area contributed by atoms with E-state index in [0.29, 0.717) is 18.4 Å². The van der Waals surface area contributed by atoms with Crippen molar-refractivity contribution >= 4 is 17.6 Å². The third kappa shape index (κ3) is 6.34. The SMILES string of the molecule is CCNC(=NCc1cccc(NC(=O)Cn2cccn2)c1)N1CC(C)CC(C)C1. The van der Waals surface area contributed by atoms with Crippen molar-refractivity contribution in [3.05, 3.63) is 48.3 Å². The van der Waals surface area contributed by atoms with Crippen LogP contribution < -0.4 is 10.6 Å². The molecule has 1 aromatic heterocycles. The van der Waals surface area contributed by atoms with Gasteiger partial charge in [0.25, 0.3) is 0 Å². The third-order valence-corrected chi connectivity index (χ3v) is 4.99. The molecule has 7 nitrogen and oxygen atoms in total. The van der Waals surface area contributed by atoms with E-state index in [1.807, 2.05) is 24.3 Å². The second-order valence-electron chi connectivity index (χ2n) is 7.97. The van der Waals surface area contributed by atoms with Gasteiger partial charge in [0, 0.05) is 37.7 Å². The highest BCUT2D eigenvalue weighted by molar-refractivity contribution is 5.90. The fraction of sp³-hybridized carbons (Fsp3) is 0.500. The van der Waals surface area contributed by atoms with Crippen molar-refractivity contribution in [3.8, 4) is 0 Å². The predicted octanol–water partition coefficient (Wildman–Crippen LogP) is 2.97. The Bertz CT molecular complexity index is 806. The molecule has 1 aliphatic heterocycles. The molecule has 1 fully saturated rings. The number of nitrogens with zero attached hydrogens (tertiary/aromatic N) is 4. The van der Waals surface area contributed by atoms with Gasteiger partial charge in [-0.05, 0) is 48.9 Å². The van der Waals surface area contributed by atoms with Gasteiger partial charge in [0.15, 0.2) is 5.96 Å². The summed E-state index contributed by atoms with van der Waals surface area (Å²) < 4.78 is 1.60. The van der Waals surface area contributed by atoms with Crippen LogP contribution in [-0.4, -0.2) is 46.2 Å². The number of carbonyl (C=O) groups is 1. The van der Waals surface area contributed by atoms with E-state index in [1.165, 1.54) is 6.42 Å². The summed E-state index contributed by atoms with van der Waals surface area (Å²) in [7, 11) is 0. The van der Waals surface area contributed by atoms with Gasteiger partial charge in [0.2, 0.25) is 5.91 Å². The molecule has 0 saturated carbocycles. The predicted molar refractivity (Wildman–Crippen MR) is 117 cm³/mol. The number of carbonyl (C=O) groups excluding carboxylic acids is 1. The van der Waals surface area contributed by atoms with E-state index in [4.69, 9.17) is 4.99 Å². The lowest BCUT2D eigenvalue weighted by molar-refractivity contribution is -0.116. The molecule has 1 saturated heterocycles. The van der Waals surface area contributed by atoms with E-state index in [0.717, 1.165) is 36.8 Å². The number of rotatable bonds is 6. The zero-order valence-electron chi connectivity index (χ0n) is 17.6. The molecule has 1 aromatic carbocycles. The molecule has 156 valence electrons. The van der Waals surface area contributed by atoms with Gasteiger partial charge < -0.3 is 15.5 Å². The minimum atomic E-state index is -0.0982. The number of anilines is 1. The fourth-order valence-electron chi connectivity index (χ4n) is 3.92. The quantitative estimate of drug-likeness (QED) is 0.582. The summed E-state index contributed by atoms with van der Waals surface area (Å²) in [5.74, 6) is 2.23. The largest absolute Gasteiger partial charge is 0.357 e. The molecule has 0 spiro atoms. The summed E-state index contributed by atoms with van der Waals surface area (Å²) in [4.78, 5) is 19.4. The van der Waals surface area contributed by atoms with Crippen molar-refractivity contribution in [2.45, 2.75) is 40.3 Å². The first-order valence-electron chi connectivity index (χ1n) is 10.4. The van der Waals surface area contributed by atoms with Crippen LogP contribution in [0.2, 0.25) is 0 Å². The molecule has 3 rings (SSSR count). The van der Waals surface area contributed by atoms with Crippen molar-refractivity contribution in [1.82, 2.24) is 20.0 Å². The molecule has 7 heteroatoms. The number of guanidine groups is 1. The Morgan fingerprint density at radius 1 is 1.24 bits per heavy atom. The van der Waals surface area contributed by atoms with Gasteiger partial charge in [-0.2, -0.15) is 5.10 Å². The van der Waals surface area contributed by atoms with Crippen molar-refractivity contribution < 1.29 is 4.79 Å². The van der Waals surface area contributed by atoms with Gasteiger partial charge in [-0.3, -0.25) is 9.48 Å².